The predicted molar refractivity (Wildman–Crippen MR) is 80.0 cm³/mol. The molecule has 110 valence electrons. The Morgan fingerprint density at radius 1 is 1.29 bits per heavy atom. The molecule has 0 saturated carbocycles. The third-order valence-electron chi connectivity index (χ3n) is 2.91. The average Bonchev–Trinajstić information content (AvgIpc) is 2.51. The molecular weight excluding hydrogens is 292 g/mol. The number of carbonyl (C=O) groups excluding carboxylic acids is 1. The van der Waals surface area contributed by atoms with Crippen LogP contribution in [-0.2, 0) is 6.54 Å². The molecule has 0 aliphatic rings. The Balaban J connectivity index is 2.11. The van der Waals surface area contributed by atoms with E-state index in [-0.39, 0.29) is 11.1 Å². The number of aromatic nitrogens is 1. The molecule has 0 fully saturated rings. The Hall–Kier alpha value is -2.27. The van der Waals surface area contributed by atoms with E-state index < -0.39 is 0 Å². The number of hydrogen-bond acceptors (Lipinski definition) is 4. The molecule has 2 rings (SSSR count). The van der Waals surface area contributed by atoms with Gasteiger partial charge < -0.3 is 14.8 Å². The highest BCUT2D eigenvalue weighted by atomic mass is 35.5. The van der Waals surface area contributed by atoms with Crippen molar-refractivity contribution in [1.29, 1.82) is 0 Å². The molecule has 6 heteroatoms. The summed E-state index contributed by atoms with van der Waals surface area (Å²) in [6.07, 6.45) is 1.49. The highest BCUT2D eigenvalue weighted by molar-refractivity contribution is 6.29. The predicted octanol–water partition coefficient (Wildman–Crippen LogP) is 2.68. The maximum atomic E-state index is 12.1. The van der Waals surface area contributed by atoms with E-state index in [9.17, 15) is 4.79 Å². The topological polar surface area (TPSA) is 60.5 Å². The van der Waals surface area contributed by atoms with Crippen LogP contribution in [0.25, 0.3) is 0 Å². The van der Waals surface area contributed by atoms with Gasteiger partial charge >= 0.3 is 0 Å². The SMILES string of the molecule is COc1cccc(CNC(=O)c2ccnc(Cl)c2)c1OC. The lowest BCUT2D eigenvalue weighted by molar-refractivity contribution is 0.0950. The van der Waals surface area contributed by atoms with Gasteiger partial charge in [0.05, 0.1) is 14.2 Å². The van der Waals surface area contributed by atoms with Crippen molar-refractivity contribution in [2.75, 3.05) is 14.2 Å². The Morgan fingerprint density at radius 2 is 2.10 bits per heavy atom. The van der Waals surface area contributed by atoms with Crippen molar-refractivity contribution in [1.82, 2.24) is 10.3 Å². The lowest BCUT2D eigenvalue weighted by Gasteiger charge is -2.13. The summed E-state index contributed by atoms with van der Waals surface area (Å²) in [4.78, 5) is 15.9. The molecule has 0 unspecified atom stereocenters. The van der Waals surface area contributed by atoms with Gasteiger partial charge in [0, 0.05) is 23.9 Å². The van der Waals surface area contributed by atoms with E-state index in [0.29, 0.717) is 23.6 Å². The van der Waals surface area contributed by atoms with Crippen molar-refractivity contribution in [3.05, 3.63) is 52.8 Å². The number of hydrogen-bond donors (Lipinski definition) is 1. The first-order valence-electron chi connectivity index (χ1n) is 6.25. The van der Waals surface area contributed by atoms with E-state index in [1.54, 1.807) is 26.4 Å². The van der Waals surface area contributed by atoms with Gasteiger partial charge in [-0.25, -0.2) is 4.98 Å². The third kappa shape index (κ3) is 3.64. The molecule has 1 heterocycles. The summed E-state index contributed by atoms with van der Waals surface area (Å²) in [5.41, 5.74) is 1.28. The highest BCUT2D eigenvalue weighted by Gasteiger charge is 2.11. The molecule has 0 aliphatic carbocycles. The zero-order valence-electron chi connectivity index (χ0n) is 11.7. The molecular formula is C15H15ClN2O3. The van der Waals surface area contributed by atoms with Crippen molar-refractivity contribution in [2.24, 2.45) is 0 Å². The van der Waals surface area contributed by atoms with E-state index in [1.165, 1.54) is 12.3 Å². The molecule has 0 bridgehead atoms. The van der Waals surface area contributed by atoms with E-state index >= 15 is 0 Å². The van der Waals surface area contributed by atoms with E-state index in [2.05, 4.69) is 10.3 Å². The zero-order valence-corrected chi connectivity index (χ0v) is 12.5. The van der Waals surface area contributed by atoms with Crippen LogP contribution in [0.1, 0.15) is 15.9 Å². The minimum Gasteiger partial charge on any atom is -0.493 e. The Kier molecular flexibility index (Phi) is 5.00. The number of pyridine rings is 1. The number of para-hydroxylation sites is 1. The number of benzene rings is 1. The van der Waals surface area contributed by atoms with Gasteiger partial charge in [-0.3, -0.25) is 4.79 Å². The number of ether oxygens (including phenoxy) is 2. The Morgan fingerprint density at radius 3 is 2.76 bits per heavy atom. The molecule has 0 spiro atoms. The van der Waals surface area contributed by atoms with Gasteiger partial charge in [0.2, 0.25) is 0 Å². The van der Waals surface area contributed by atoms with E-state index in [0.717, 1.165) is 5.56 Å². The number of halogens is 1. The molecule has 1 aromatic carbocycles. The van der Waals surface area contributed by atoms with Crippen LogP contribution in [-0.4, -0.2) is 25.1 Å². The molecule has 1 aromatic heterocycles. The van der Waals surface area contributed by atoms with Crippen LogP contribution in [0.3, 0.4) is 0 Å². The van der Waals surface area contributed by atoms with Crippen LogP contribution in [0.15, 0.2) is 36.5 Å². The van der Waals surface area contributed by atoms with Gasteiger partial charge in [0.1, 0.15) is 5.15 Å². The minimum absolute atomic E-state index is 0.232. The van der Waals surface area contributed by atoms with Crippen LogP contribution in [0.2, 0.25) is 5.15 Å². The fourth-order valence-corrected chi connectivity index (χ4v) is 2.09. The third-order valence-corrected chi connectivity index (χ3v) is 3.12. The van der Waals surface area contributed by atoms with Gasteiger partial charge in [0.15, 0.2) is 11.5 Å². The first kappa shape index (κ1) is 15.1. The number of rotatable bonds is 5. The smallest absolute Gasteiger partial charge is 0.251 e. The molecule has 21 heavy (non-hydrogen) atoms. The summed E-state index contributed by atoms with van der Waals surface area (Å²) in [7, 11) is 3.13. The zero-order chi connectivity index (χ0) is 15.2. The minimum atomic E-state index is -0.232. The normalized spacial score (nSPS) is 10.0. The fraction of sp³-hybridized carbons (Fsp3) is 0.200. The molecule has 0 radical (unpaired) electrons. The second-order valence-electron chi connectivity index (χ2n) is 4.20. The monoisotopic (exact) mass is 306 g/mol. The molecule has 1 N–H and O–H groups in total. The highest BCUT2D eigenvalue weighted by Crippen LogP contribution is 2.30. The van der Waals surface area contributed by atoms with Crippen LogP contribution in [0.5, 0.6) is 11.5 Å². The lowest BCUT2D eigenvalue weighted by atomic mass is 10.1. The van der Waals surface area contributed by atoms with E-state index in [1.807, 2.05) is 12.1 Å². The van der Waals surface area contributed by atoms with Gasteiger partial charge in [-0.1, -0.05) is 23.7 Å². The summed E-state index contributed by atoms with van der Waals surface area (Å²) < 4.78 is 10.5. The van der Waals surface area contributed by atoms with Gasteiger partial charge in [0.25, 0.3) is 5.91 Å². The van der Waals surface area contributed by atoms with Crippen molar-refractivity contribution < 1.29 is 14.3 Å². The lowest BCUT2D eigenvalue weighted by Crippen LogP contribution is -2.23. The van der Waals surface area contributed by atoms with Gasteiger partial charge in [-0.15, -0.1) is 0 Å². The molecule has 1 amide bonds. The Labute approximate surface area is 127 Å². The molecule has 2 aromatic rings. The van der Waals surface area contributed by atoms with Crippen molar-refractivity contribution in [3.8, 4) is 11.5 Å². The molecule has 5 nitrogen and oxygen atoms in total. The van der Waals surface area contributed by atoms with Crippen LogP contribution < -0.4 is 14.8 Å². The van der Waals surface area contributed by atoms with Crippen LogP contribution >= 0.6 is 11.6 Å². The first-order chi connectivity index (χ1) is 10.2. The quantitative estimate of drug-likeness (QED) is 0.863. The standard InChI is InChI=1S/C15H15ClN2O3/c1-20-12-5-3-4-11(14(12)21-2)9-18-15(19)10-6-7-17-13(16)8-10/h3-8H,9H2,1-2H3,(H,18,19). The van der Waals surface area contributed by atoms with Gasteiger partial charge in [-0.2, -0.15) is 0 Å². The fourth-order valence-electron chi connectivity index (χ4n) is 1.91. The number of nitrogens with one attached hydrogen (secondary N) is 1. The maximum absolute atomic E-state index is 12.1. The van der Waals surface area contributed by atoms with Gasteiger partial charge in [-0.05, 0) is 18.2 Å². The largest absolute Gasteiger partial charge is 0.493 e. The maximum Gasteiger partial charge on any atom is 0.251 e. The number of nitrogens with zero attached hydrogens (tertiary/aromatic N) is 1. The second-order valence-corrected chi connectivity index (χ2v) is 4.59. The summed E-state index contributed by atoms with van der Waals surface area (Å²) in [5.74, 6) is 0.994. The summed E-state index contributed by atoms with van der Waals surface area (Å²) in [6.45, 7) is 0.319. The molecule has 0 aliphatic heterocycles. The number of methoxy groups -OCH3 is 2. The summed E-state index contributed by atoms with van der Waals surface area (Å²) in [5, 5.41) is 3.09. The van der Waals surface area contributed by atoms with Crippen LogP contribution in [0, 0.1) is 0 Å². The van der Waals surface area contributed by atoms with Crippen molar-refractivity contribution in [2.45, 2.75) is 6.54 Å². The second kappa shape index (κ2) is 6.95. The van der Waals surface area contributed by atoms with Crippen molar-refractivity contribution >= 4 is 17.5 Å². The van der Waals surface area contributed by atoms with E-state index in [4.69, 9.17) is 21.1 Å². The summed E-state index contributed by atoms with van der Waals surface area (Å²) >= 11 is 5.77. The first-order valence-corrected chi connectivity index (χ1v) is 6.63. The van der Waals surface area contributed by atoms with Crippen LogP contribution in [0.4, 0.5) is 0 Å². The Bertz CT molecular complexity index is 647. The molecule has 0 saturated heterocycles. The molecule has 0 atom stereocenters. The number of amides is 1. The average molecular weight is 307 g/mol. The summed E-state index contributed by atoms with van der Waals surface area (Å²) in [6, 6.07) is 8.61. The van der Waals surface area contributed by atoms with Crippen molar-refractivity contribution in [3.63, 3.8) is 0 Å². The number of carbonyl (C=O) groups is 1.